The number of carbonyl (C=O) groups excluding carboxylic acids is 1. The second-order valence-electron chi connectivity index (χ2n) is 4.88. The zero-order chi connectivity index (χ0) is 12.5. The van der Waals surface area contributed by atoms with Crippen molar-refractivity contribution in [3.8, 4) is 0 Å². The zero-order valence-electron chi connectivity index (χ0n) is 10.1. The molecule has 1 aliphatic carbocycles. The number of anilines is 2. The Balaban J connectivity index is 2.00. The summed E-state index contributed by atoms with van der Waals surface area (Å²) in [6, 6.07) is 4.98. The molecule has 0 aliphatic heterocycles. The molecular formula is C13H19N3O. The van der Waals surface area contributed by atoms with Crippen molar-refractivity contribution in [2.45, 2.75) is 26.2 Å². The summed E-state index contributed by atoms with van der Waals surface area (Å²) in [6.07, 6.45) is 3.53. The van der Waals surface area contributed by atoms with Gasteiger partial charge in [0.1, 0.15) is 0 Å². The molecule has 0 saturated heterocycles. The Labute approximate surface area is 101 Å². The fraction of sp³-hybridized carbons (Fsp3) is 0.462. The van der Waals surface area contributed by atoms with E-state index in [1.54, 1.807) is 18.2 Å². The fourth-order valence-electron chi connectivity index (χ4n) is 1.98. The molecule has 0 aromatic heterocycles. The topological polar surface area (TPSA) is 81.1 Å². The van der Waals surface area contributed by atoms with Gasteiger partial charge in [-0.2, -0.15) is 0 Å². The molecule has 1 aromatic rings. The number of hydrogen-bond acceptors (Lipinski definition) is 3. The van der Waals surface area contributed by atoms with E-state index >= 15 is 0 Å². The first-order valence-corrected chi connectivity index (χ1v) is 5.99. The van der Waals surface area contributed by atoms with E-state index < -0.39 is 0 Å². The lowest BCUT2D eigenvalue weighted by molar-refractivity contribution is 0.0945. The Morgan fingerprint density at radius 3 is 2.65 bits per heavy atom. The Morgan fingerprint density at radius 1 is 1.41 bits per heavy atom. The van der Waals surface area contributed by atoms with Crippen molar-refractivity contribution in [2.24, 2.45) is 5.41 Å². The number of benzene rings is 1. The van der Waals surface area contributed by atoms with Gasteiger partial charge in [-0.3, -0.25) is 4.79 Å². The molecular weight excluding hydrogens is 214 g/mol. The van der Waals surface area contributed by atoms with Gasteiger partial charge in [-0.15, -0.1) is 0 Å². The number of carbonyl (C=O) groups is 1. The van der Waals surface area contributed by atoms with Gasteiger partial charge in [0.2, 0.25) is 0 Å². The van der Waals surface area contributed by atoms with Crippen LogP contribution in [0, 0.1) is 5.41 Å². The van der Waals surface area contributed by atoms with Crippen LogP contribution < -0.4 is 16.8 Å². The second-order valence-corrected chi connectivity index (χ2v) is 4.88. The van der Waals surface area contributed by atoms with Crippen LogP contribution in [-0.4, -0.2) is 12.5 Å². The molecule has 4 heteroatoms. The van der Waals surface area contributed by atoms with Gasteiger partial charge in [-0.1, -0.05) is 6.92 Å². The first-order chi connectivity index (χ1) is 8.06. The molecule has 0 heterocycles. The number of nitrogen functional groups attached to an aromatic ring is 2. The average molecular weight is 233 g/mol. The lowest BCUT2D eigenvalue weighted by atomic mass is 10.0. The first kappa shape index (κ1) is 11.8. The zero-order valence-corrected chi connectivity index (χ0v) is 10.1. The minimum Gasteiger partial charge on any atom is -0.399 e. The number of nitrogens with one attached hydrogen (secondary N) is 1. The van der Waals surface area contributed by atoms with E-state index in [4.69, 9.17) is 11.5 Å². The number of rotatable bonds is 4. The van der Waals surface area contributed by atoms with Crippen LogP contribution in [0.3, 0.4) is 0 Å². The Morgan fingerprint density at radius 2 is 2.12 bits per heavy atom. The molecule has 5 N–H and O–H groups in total. The van der Waals surface area contributed by atoms with Gasteiger partial charge in [0.05, 0.1) is 5.56 Å². The third kappa shape index (κ3) is 2.52. The molecule has 0 atom stereocenters. The van der Waals surface area contributed by atoms with Gasteiger partial charge in [0.25, 0.3) is 5.91 Å². The van der Waals surface area contributed by atoms with Crippen molar-refractivity contribution in [1.29, 1.82) is 0 Å². The predicted molar refractivity (Wildman–Crippen MR) is 69.6 cm³/mol. The van der Waals surface area contributed by atoms with Gasteiger partial charge in [0.15, 0.2) is 0 Å². The highest BCUT2D eigenvalue weighted by Gasteiger charge is 2.40. The van der Waals surface area contributed by atoms with Crippen LogP contribution in [0.25, 0.3) is 0 Å². The quantitative estimate of drug-likeness (QED) is 0.693. The van der Waals surface area contributed by atoms with Crippen molar-refractivity contribution >= 4 is 17.3 Å². The maximum absolute atomic E-state index is 11.9. The summed E-state index contributed by atoms with van der Waals surface area (Å²) in [4.78, 5) is 11.9. The SMILES string of the molecule is CCC1(CNC(=O)c2ccc(N)cc2N)CC1. The van der Waals surface area contributed by atoms with Crippen molar-refractivity contribution in [2.75, 3.05) is 18.0 Å². The molecule has 1 saturated carbocycles. The second kappa shape index (κ2) is 4.28. The normalized spacial score (nSPS) is 16.5. The van der Waals surface area contributed by atoms with E-state index in [0.29, 0.717) is 22.4 Å². The third-order valence-corrected chi connectivity index (χ3v) is 3.65. The highest BCUT2D eigenvalue weighted by molar-refractivity contribution is 5.99. The summed E-state index contributed by atoms with van der Waals surface area (Å²) in [5.74, 6) is -0.109. The maximum atomic E-state index is 11.9. The fourth-order valence-corrected chi connectivity index (χ4v) is 1.98. The van der Waals surface area contributed by atoms with Crippen molar-refractivity contribution in [1.82, 2.24) is 5.32 Å². The molecule has 0 unspecified atom stereocenters. The smallest absolute Gasteiger partial charge is 0.253 e. The van der Waals surface area contributed by atoms with Crippen LogP contribution in [0.1, 0.15) is 36.5 Å². The van der Waals surface area contributed by atoms with Crippen molar-refractivity contribution < 1.29 is 4.79 Å². The number of nitrogens with two attached hydrogens (primary N) is 2. The summed E-state index contributed by atoms with van der Waals surface area (Å²) >= 11 is 0. The van der Waals surface area contributed by atoms with E-state index in [1.807, 2.05) is 0 Å². The minimum atomic E-state index is -0.109. The van der Waals surface area contributed by atoms with E-state index in [9.17, 15) is 4.79 Å². The van der Waals surface area contributed by atoms with Crippen molar-refractivity contribution in [3.05, 3.63) is 23.8 Å². The molecule has 2 rings (SSSR count). The molecule has 1 amide bonds. The van der Waals surface area contributed by atoms with Gasteiger partial charge in [0, 0.05) is 17.9 Å². The molecule has 92 valence electrons. The maximum Gasteiger partial charge on any atom is 0.253 e. The number of hydrogen-bond donors (Lipinski definition) is 3. The standard InChI is InChI=1S/C13H19N3O/c1-2-13(5-6-13)8-16-12(17)10-4-3-9(14)7-11(10)15/h3-4,7H,2,5-6,8,14-15H2,1H3,(H,16,17). The van der Waals surface area contributed by atoms with Crippen molar-refractivity contribution in [3.63, 3.8) is 0 Å². The monoisotopic (exact) mass is 233 g/mol. The summed E-state index contributed by atoms with van der Waals surface area (Å²) in [7, 11) is 0. The third-order valence-electron chi connectivity index (χ3n) is 3.65. The highest BCUT2D eigenvalue weighted by atomic mass is 16.1. The van der Waals surface area contributed by atoms with Crippen LogP contribution in [-0.2, 0) is 0 Å². The molecule has 1 fully saturated rings. The summed E-state index contributed by atoms with van der Waals surface area (Å²) in [5, 5.41) is 2.95. The highest BCUT2D eigenvalue weighted by Crippen LogP contribution is 2.47. The van der Waals surface area contributed by atoms with Crippen LogP contribution in [0.4, 0.5) is 11.4 Å². The van der Waals surface area contributed by atoms with E-state index in [-0.39, 0.29) is 5.91 Å². The van der Waals surface area contributed by atoms with Gasteiger partial charge < -0.3 is 16.8 Å². The van der Waals surface area contributed by atoms with Crippen LogP contribution in [0.2, 0.25) is 0 Å². The molecule has 17 heavy (non-hydrogen) atoms. The van der Waals surface area contributed by atoms with E-state index in [1.165, 1.54) is 12.8 Å². The Hall–Kier alpha value is -1.71. The summed E-state index contributed by atoms with van der Waals surface area (Å²) < 4.78 is 0. The summed E-state index contributed by atoms with van der Waals surface area (Å²) in [6.45, 7) is 2.91. The van der Waals surface area contributed by atoms with Gasteiger partial charge in [-0.05, 0) is 42.9 Å². The predicted octanol–water partition coefficient (Wildman–Crippen LogP) is 1.77. The van der Waals surface area contributed by atoms with E-state index in [2.05, 4.69) is 12.2 Å². The lowest BCUT2D eigenvalue weighted by Crippen LogP contribution is -2.30. The average Bonchev–Trinajstić information content (AvgIpc) is 3.07. The van der Waals surface area contributed by atoms with Crippen LogP contribution >= 0.6 is 0 Å². The molecule has 4 nitrogen and oxygen atoms in total. The van der Waals surface area contributed by atoms with Gasteiger partial charge in [-0.25, -0.2) is 0 Å². The van der Waals surface area contributed by atoms with Gasteiger partial charge >= 0.3 is 0 Å². The largest absolute Gasteiger partial charge is 0.399 e. The van der Waals surface area contributed by atoms with E-state index in [0.717, 1.165) is 13.0 Å². The lowest BCUT2D eigenvalue weighted by Gasteiger charge is -2.14. The molecule has 0 bridgehead atoms. The molecule has 0 radical (unpaired) electrons. The Bertz CT molecular complexity index is 438. The first-order valence-electron chi connectivity index (χ1n) is 5.99. The van der Waals surface area contributed by atoms with Crippen LogP contribution in [0.15, 0.2) is 18.2 Å². The van der Waals surface area contributed by atoms with Crippen LogP contribution in [0.5, 0.6) is 0 Å². The Kier molecular flexibility index (Phi) is 2.96. The summed E-state index contributed by atoms with van der Waals surface area (Å²) in [5.41, 5.74) is 13.2. The number of amides is 1. The minimum absolute atomic E-state index is 0.109. The molecule has 1 aliphatic rings. The molecule has 0 spiro atoms. The molecule has 1 aromatic carbocycles.